The topological polar surface area (TPSA) is 84.2 Å². The predicted octanol–water partition coefficient (Wildman–Crippen LogP) is 4.37. The fraction of sp³-hybridized carbons (Fsp3) is 0.407. The number of benzene rings is 2. The SMILES string of the molecule is Cc1ccccc1NC1CCN(c2nc(N3CCOCC3)nc(-n3c(C(F)F)nc4ccccc43)n2)CC1. The average molecular weight is 521 g/mol. The number of fused-ring (bicyclic) bond motifs is 1. The maximum Gasteiger partial charge on any atom is 0.296 e. The first kappa shape index (κ1) is 24.5. The number of piperidine rings is 1. The van der Waals surface area contributed by atoms with E-state index in [4.69, 9.17) is 14.7 Å². The summed E-state index contributed by atoms with van der Waals surface area (Å²) in [6.07, 6.45) is -0.977. The highest BCUT2D eigenvalue weighted by molar-refractivity contribution is 5.77. The molecule has 2 aromatic carbocycles. The highest BCUT2D eigenvalue weighted by Crippen LogP contribution is 2.29. The number of para-hydroxylation sites is 3. The summed E-state index contributed by atoms with van der Waals surface area (Å²) in [6, 6.07) is 15.7. The van der Waals surface area contributed by atoms with Gasteiger partial charge in [0.2, 0.25) is 17.8 Å². The van der Waals surface area contributed by atoms with Gasteiger partial charge in [0.15, 0.2) is 5.82 Å². The minimum absolute atomic E-state index is 0.153. The lowest BCUT2D eigenvalue weighted by molar-refractivity contribution is 0.122. The van der Waals surface area contributed by atoms with Crippen molar-refractivity contribution in [1.29, 1.82) is 0 Å². The van der Waals surface area contributed by atoms with Crippen molar-refractivity contribution in [3.8, 4) is 5.95 Å². The molecule has 4 heterocycles. The highest BCUT2D eigenvalue weighted by atomic mass is 19.3. The second kappa shape index (κ2) is 10.5. The van der Waals surface area contributed by atoms with Crippen LogP contribution in [0.15, 0.2) is 48.5 Å². The number of morpholine rings is 1. The van der Waals surface area contributed by atoms with E-state index in [2.05, 4.69) is 39.2 Å². The van der Waals surface area contributed by atoms with E-state index in [1.54, 1.807) is 24.3 Å². The van der Waals surface area contributed by atoms with Crippen LogP contribution in [-0.4, -0.2) is 69.9 Å². The summed E-state index contributed by atoms with van der Waals surface area (Å²) >= 11 is 0. The van der Waals surface area contributed by atoms with Gasteiger partial charge in [-0.2, -0.15) is 15.0 Å². The fourth-order valence-electron chi connectivity index (χ4n) is 5.07. The summed E-state index contributed by atoms with van der Waals surface area (Å²) in [4.78, 5) is 22.5. The molecule has 4 aromatic rings. The first-order valence-corrected chi connectivity index (χ1v) is 13.0. The maximum absolute atomic E-state index is 14.1. The van der Waals surface area contributed by atoms with Crippen LogP contribution in [0, 0.1) is 6.92 Å². The van der Waals surface area contributed by atoms with Crippen LogP contribution >= 0.6 is 0 Å². The lowest BCUT2D eigenvalue weighted by atomic mass is 10.0. The first-order chi connectivity index (χ1) is 18.6. The third-order valence-electron chi connectivity index (χ3n) is 7.16. The largest absolute Gasteiger partial charge is 0.382 e. The van der Waals surface area contributed by atoms with Crippen LogP contribution in [0.4, 0.5) is 26.4 Å². The number of halogens is 2. The van der Waals surface area contributed by atoms with Crippen molar-refractivity contribution in [2.45, 2.75) is 32.2 Å². The molecular formula is C27H30F2N8O. The number of anilines is 3. The van der Waals surface area contributed by atoms with Gasteiger partial charge in [0.05, 0.1) is 24.2 Å². The molecule has 0 radical (unpaired) electrons. The molecule has 9 nitrogen and oxygen atoms in total. The zero-order valence-corrected chi connectivity index (χ0v) is 21.2. The Labute approximate surface area is 219 Å². The predicted molar refractivity (Wildman–Crippen MR) is 142 cm³/mol. The second-order valence-electron chi connectivity index (χ2n) is 9.65. The molecule has 2 fully saturated rings. The molecule has 0 bridgehead atoms. The molecule has 11 heteroatoms. The van der Waals surface area contributed by atoms with E-state index >= 15 is 0 Å². The summed E-state index contributed by atoms with van der Waals surface area (Å²) in [5.41, 5.74) is 3.37. The van der Waals surface area contributed by atoms with Crippen LogP contribution in [0.2, 0.25) is 0 Å². The number of imidazole rings is 1. The Morgan fingerprint density at radius 3 is 2.16 bits per heavy atom. The molecule has 0 aliphatic carbocycles. The van der Waals surface area contributed by atoms with Gasteiger partial charge < -0.3 is 19.9 Å². The number of aromatic nitrogens is 5. The molecule has 6 rings (SSSR count). The quantitative estimate of drug-likeness (QED) is 0.401. The van der Waals surface area contributed by atoms with Crippen molar-refractivity contribution in [2.75, 3.05) is 54.5 Å². The van der Waals surface area contributed by atoms with Gasteiger partial charge in [0, 0.05) is 37.9 Å². The summed E-state index contributed by atoms with van der Waals surface area (Å²) in [5.74, 6) is 0.730. The van der Waals surface area contributed by atoms with Crippen molar-refractivity contribution in [1.82, 2.24) is 24.5 Å². The fourth-order valence-corrected chi connectivity index (χ4v) is 5.07. The minimum Gasteiger partial charge on any atom is -0.382 e. The molecule has 0 saturated carbocycles. The number of aryl methyl sites for hydroxylation is 1. The Bertz CT molecular complexity index is 1410. The molecule has 0 amide bonds. The lowest BCUT2D eigenvalue weighted by Crippen LogP contribution is -2.41. The summed E-state index contributed by atoms with van der Waals surface area (Å²) in [6.45, 7) is 5.94. The van der Waals surface area contributed by atoms with Crippen molar-refractivity contribution in [2.24, 2.45) is 0 Å². The number of nitrogens with one attached hydrogen (secondary N) is 1. The van der Waals surface area contributed by atoms with Gasteiger partial charge in [-0.25, -0.2) is 13.8 Å². The zero-order chi connectivity index (χ0) is 26.1. The zero-order valence-electron chi connectivity index (χ0n) is 21.2. The minimum atomic E-state index is -2.78. The summed E-state index contributed by atoms with van der Waals surface area (Å²) < 4.78 is 35.1. The lowest BCUT2D eigenvalue weighted by Gasteiger charge is -2.34. The van der Waals surface area contributed by atoms with Gasteiger partial charge in [0.1, 0.15) is 0 Å². The number of ether oxygens (including phenoxy) is 1. The standard InChI is InChI=1S/C27H30F2N8O/c1-18-6-2-3-7-20(18)30-19-10-12-35(13-11-19)25-32-26(36-14-16-38-17-15-36)34-27(33-25)37-22-9-5-4-8-21(22)31-24(37)23(28)29/h2-9,19,23,30H,10-17H2,1H3. The van der Waals surface area contributed by atoms with E-state index in [0.717, 1.165) is 31.6 Å². The molecular weight excluding hydrogens is 490 g/mol. The monoisotopic (exact) mass is 520 g/mol. The Morgan fingerprint density at radius 2 is 1.45 bits per heavy atom. The number of hydrogen-bond donors (Lipinski definition) is 1. The number of alkyl halides is 2. The first-order valence-electron chi connectivity index (χ1n) is 13.0. The van der Waals surface area contributed by atoms with Gasteiger partial charge in [-0.1, -0.05) is 30.3 Å². The smallest absolute Gasteiger partial charge is 0.296 e. The van der Waals surface area contributed by atoms with Crippen molar-refractivity contribution in [3.05, 3.63) is 59.9 Å². The highest BCUT2D eigenvalue weighted by Gasteiger charge is 2.27. The van der Waals surface area contributed by atoms with Crippen LogP contribution in [0.1, 0.15) is 30.7 Å². The Balaban J connectivity index is 1.33. The van der Waals surface area contributed by atoms with Crippen molar-refractivity contribution >= 4 is 28.6 Å². The van der Waals surface area contributed by atoms with Crippen molar-refractivity contribution < 1.29 is 13.5 Å². The number of hydrogen-bond acceptors (Lipinski definition) is 8. The van der Waals surface area contributed by atoms with E-state index < -0.39 is 6.43 Å². The normalized spacial score (nSPS) is 16.9. The molecule has 0 unspecified atom stereocenters. The molecule has 2 aromatic heterocycles. The molecule has 198 valence electrons. The van der Waals surface area contributed by atoms with Crippen LogP contribution < -0.4 is 15.1 Å². The van der Waals surface area contributed by atoms with Gasteiger partial charge in [-0.15, -0.1) is 0 Å². The Hall–Kier alpha value is -3.86. The third-order valence-corrected chi connectivity index (χ3v) is 7.16. The van der Waals surface area contributed by atoms with Gasteiger partial charge in [-0.3, -0.25) is 4.57 Å². The second-order valence-corrected chi connectivity index (χ2v) is 9.65. The maximum atomic E-state index is 14.1. The van der Waals surface area contributed by atoms with E-state index in [1.807, 2.05) is 17.0 Å². The Kier molecular flexibility index (Phi) is 6.75. The van der Waals surface area contributed by atoms with E-state index in [0.29, 0.717) is 55.3 Å². The van der Waals surface area contributed by atoms with Crippen LogP contribution in [-0.2, 0) is 4.74 Å². The summed E-state index contributed by atoms with van der Waals surface area (Å²) in [7, 11) is 0. The van der Waals surface area contributed by atoms with E-state index in [-0.39, 0.29) is 11.8 Å². The number of nitrogens with zero attached hydrogens (tertiary/aromatic N) is 7. The molecule has 0 atom stereocenters. The van der Waals surface area contributed by atoms with Gasteiger partial charge in [-0.05, 0) is 43.5 Å². The number of rotatable bonds is 6. The molecule has 1 N–H and O–H groups in total. The van der Waals surface area contributed by atoms with E-state index in [9.17, 15) is 8.78 Å². The molecule has 38 heavy (non-hydrogen) atoms. The molecule has 0 spiro atoms. The molecule has 2 aliphatic rings. The van der Waals surface area contributed by atoms with Crippen LogP contribution in [0.5, 0.6) is 0 Å². The summed E-state index contributed by atoms with van der Waals surface area (Å²) in [5, 5.41) is 3.66. The van der Waals surface area contributed by atoms with E-state index in [1.165, 1.54) is 10.1 Å². The van der Waals surface area contributed by atoms with Gasteiger partial charge >= 0.3 is 0 Å². The molecule has 2 aliphatic heterocycles. The third kappa shape index (κ3) is 4.85. The van der Waals surface area contributed by atoms with Crippen molar-refractivity contribution in [3.63, 3.8) is 0 Å². The Morgan fingerprint density at radius 1 is 0.816 bits per heavy atom. The van der Waals surface area contributed by atoms with Crippen LogP contribution in [0.3, 0.4) is 0 Å². The van der Waals surface area contributed by atoms with Gasteiger partial charge in [0.25, 0.3) is 6.43 Å². The average Bonchev–Trinajstić information content (AvgIpc) is 3.35. The molecule has 2 saturated heterocycles. The van der Waals surface area contributed by atoms with Crippen LogP contribution in [0.25, 0.3) is 17.0 Å².